The minimum Gasteiger partial charge on any atom is -0.363 e. The molecular formula is C16H14N4O2. The molecule has 0 saturated carbocycles. The Morgan fingerprint density at radius 3 is 2.64 bits per heavy atom. The van der Waals surface area contributed by atoms with Gasteiger partial charge >= 0.3 is 0 Å². The molecule has 0 amide bonds. The molecule has 0 radical (unpaired) electrons. The molecule has 22 heavy (non-hydrogen) atoms. The zero-order valence-corrected chi connectivity index (χ0v) is 11.9. The first-order valence-electron chi connectivity index (χ1n) is 6.86. The highest BCUT2D eigenvalue weighted by Gasteiger charge is 2.12. The second-order valence-electron chi connectivity index (χ2n) is 4.96. The van der Waals surface area contributed by atoms with Crippen molar-refractivity contribution in [1.29, 1.82) is 0 Å². The highest BCUT2D eigenvalue weighted by atomic mass is 16.6. The summed E-state index contributed by atoms with van der Waals surface area (Å²) in [4.78, 5) is 18.9. The van der Waals surface area contributed by atoms with Crippen LogP contribution in [0.2, 0.25) is 0 Å². The van der Waals surface area contributed by atoms with Crippen molar-refractivity contribution in [2.24, 2.45) is 0 Å². The van der Waals surface area contributed by atoms with Gasteiger partial charge in [0.25, 0.3) is 5.69 Å². The van der Waals surface area contributed by atoms with E-state index in [1.165, 1.54) is 18.5 Å². The predicted octanol–water partition coefficient (Wildman–Crippen LogP) is 3.71. The quantitative estimate of drug-likeness (QED) is 0.586. The minimum atomic E-state index is -0.420. The Morgan fingerprint density at radius 1 is 1.14 bits per heavy atom. The fourth-order valence-electron chi connectivity index (χ4n) is 2.30. The standard InChI is InChI=1S/C16H14N4O2/c1-11(12-5-3-2-4-6-12)19-16-14-9-13(20(21)22)7-8-15(14)17-10-18-16/h2-11H,1H3,(H,17,18,19)/t11-/m0/s1. The average Bonchev–Trinajstić information content (AvgIpc) is 2.55. The van der Waals surface area contributed by atoms with E-state index in [1.807, 2.05) is 37.3 Å². The lowest BCUT2D eigenvalue weighted by atomic mass is 10.1. The fraction of sp³-hybridized carbons (Fsp3) is 0.125. The van der Waals surface area contributed by atoms with Crippen molar-refractivity contribution in [2.45, 2.75) is 13.0 Å². The van der Waals surface area contributed by atoms with Crippen molar-refractivity contribution in [2.75, 3.05) is 5.32 Å². The molecule has 1 atom stereocenters. The number of benzene rings is 2. The SMILES string of the molecule is C[C@H](Nc1ncnc2ccc([N+](=O)[O-])cc12)c1ccccc1. The molecule has 0 bridgehead atoms. The Labute approximate surface area is 127 Å². The topological polar surface area (TPSA) is 81.0 Å². The van der Waals surface area contributed by atoms with Gasteiger partial charge in [-0.1, -0.05) is 30.3 Å². The average molecular weight is 294 g/mol. The van der Waals surface area contributed by atoms with Gasteiger partial charge in [-0.05, 0) is 18.6 Å². The first-order valence-corrected chi connectivity index (χ1v) is 6.86. The minimum absolute atomic E-state index is 0.0257. The van der Waals surface area contributed by atoms with E-state index in [0.29, 0.717) is 16.7 Å². The van der Waals surface area contributed by atoms with Crippen LogP contribution in [0.3, 0.4) is 0 Å². The highest BCUT2D eigenvalue weighted by molar-refractivity contribution is 5.90. The number of nitro groups is 1. The van der Waals surface area contributed by atoms with Gasteiger partial charge in [0.05, 0.1) is 10.4 Å². The van der Waals surface area contributed by atoms with Crippen molar-refractivity contribution in [1.82, 2.24) is 9.97 Å². The molecule has 0 saturated heterocycles. The van der Waals surface area contributed by atoms with Crippen LogP contribution in [0.4, 0.5) is 11.5 Å². The summed E-state index contributed by atoms with van der Waals surface area (Å²) in [6, 6.07) is 14.5. The molecular weight excluding hydrogens is 280 g/mol. The Morgan fingerprint density at radius 2 is 1.91 bits per heavy atom. The van der Waals surface area contributed by atoms with Crippen LogP contribution in [0.15, 0.2) is 54.9 Å². The number of fused-ring (bicyclic) bond motifs is 1. The summed E-state index contributed by atoms with van der Waals surface area (Å²) in [6.45, 7) is 2.01. The predicted molar refractivity (Wildman–Crippen MR) is 84.7 cm³/mol. The van der Waals surface area contributed by atoms with Crippen LogP contribution in [-0.2, 0) is 0 Å². The highest BCUT2D eigenvalue weighted by Crippen LogP contribution is 2.27. The summed E-state index contributed by atoms with van der Waals surface area (Å²) in [5.41, 5.74) is 1.81. The summed E-state index contributed by atoms with van der Waals surface area (Å²) in [7, 11) is 0. The fourth-order valence-corrected chi connectivity index (χ4v) is 2.30. The lowest BCUT2D eigenvalue weighted by Crippen LogP contribution is -2.08. The van der Waals surface area contributed by atoms with E-state index >= 15 is 0 Å². The van der Waals surface area contributed by atoms with Crippen molar-refractivity contribution in [3.8, 4) is 0 Å². The first-order chi connectivity index (χ1) is 10.6. The van der Waals surface area contributed by atoms with Gasteiger partial charge in [0.1, 0.15) is 12.1 Å². The maximum atomic E-state index is 10.9. The van der Waals surface area contributed by atoms with Gasteiger partial charge < -0.3 is 5.32 Å². The van der Waals surface area contributed by atoms with Crippen LogP contribution in [-0.4, -0.2) is 14.9 Å². The number of hydrogen-bond acceptors (Lipinski definition) is 5. The second-order valence-corrected chi connectivity index (χ2v) is 4.96. The molecule has 1 heterocycles. The molecule has 110 valence electrons. The zero-order chi connectivity index (χ0) is 15.5. The molecule has 0 fully saturated rings. The Kier molecular flexibility index (Phi) is 3.65. The summed E-state index contributed by atoms with van der Waals surface area (Å²) < 4.78 is 0. The van der Waals surface area contributed by atoms with Gasteiger partial charge in [-0.2, -0.15) is 0 Å². The maximum absolute atomic E-state index is 10.9. The first kappa shape index (κ1) is 13.9. The number of aromatic nitrogens is 2. The molecule has 0 aliphatic carbocycles. The van der Waals surface area contributed by atoms with E-state index < -0.39 is 4.92 Å². The van der Waals surface area contributed by atoms with Crippen LogP contribution in [0.25, 0.3) is 10.9 Å². The number of non-ortho nitro benzene ring substituents is 1. The van der Waals surface area contributed by atoms with Gasteiger partial charge in [0.2, 0.25) is 0 Å². The van der Waals surface area contributed by atoms with Gasteiger partial charge in [-0.3, -0.25) is 10.1 Å². The monoisotopic (exact) mass is 294 g/mol. The number of rotatable bonds is 4. The molecule has 0 spiro atoms. The third-order valence-electron chi connectivity index (χ3n) is 3.48. The van der Waals surface area contributed by atoms with Gasteiger partial charge in [-0.15, -0.1) is 0 Å². The van der Waals surface area contributed by atoms with E-state index in [-0.39, 0.29) is 11.7 Å². The van der Waals surface area contributed by atoms with Crippen LogP contribution in [0.1, 0.15) is 18.5 Å². The van der Waals surface area contributed by atoms with E-state index in [2.05, 4.69) is 15.3 Å². The lowest BCUT2D eigenvalue weighted by molar-refractivity contribution is -0.384. The summed E-state index contributed by atoms with van der Waals surface area (Å²) >= 11 is 0. The second kappa shape index (κ2) is 5.77. The molecule has 1 aromatic heterocycles. The van der Waals surface area contributed by atoms with E-state index in [1.54, 1.807) is 6.07 Å². The largest absolute Gasteiger partial charge is 0.363 e. The zero-order valence-electron chi connectivity index (χ0n) is 11.9. The number of nitrogens with zero attached hydrogens (tertiary/aromatic N) is 3. The van der Waals surface area contributed by atoms with Crippen molar-refractivity contribution >= 4 is 22.4 Å². The number of nitro benzene ring substituents is 1. The third kappa shape index (κ3) is 2.71. The van der Waals surface area contributed by atoms with Crippen LogP contribution in [0.5, 0.6) is 0 Å². The Balaban J connectivity index is 1.99. The molecule has 3 rings (SSSR count). The van der Waals surface area contributed by atoms with Crippen LogP contribution in [0, 0.1) is 10.1 Å². The summed E-state index contributed by atoms with van der Waals surface area (Å²) in [5, 5.41) is 14.9. The summed E-state index contributed by atoms with van der Waals surface area (Å²) in [5.74, 6) is 0.588. The molecule has 3 aromatic rings. The Hall–Kier alpha value is -3.02. The van der Waals surface area contributed by atoms with Crippen molar-refractivity contribution < 1.29 is 4.92 Å². The third-order valence-corrected chi connectivity index (χ3v) is 3.48. The normalized spacial score (nSPS) is 12.0. The molecule has 0 unspecified atom stereocenters. The molecule has 6 heteroatoms. The van der Waals surface area contributed by atoms with Crippen LogP contribution < -0.4 is 5.32 Å². The smallest absolute Gasteiger partial charge is 0.270 e. The molecule has 2 aromatic carbocycles. The Bertz CT molecular complexity index is 821. The molecule has 6 nitrogen and oxygen atoms in total. The van der Waals surface area contributed by atoms with E-state index in [4.69, 9.17) is 0 Å². The van der Waals surface area contributed by atoms with Gasteiger partial charge in [0, 0.05) is 23.6 Å². The molecule has 0 aliphatic heterocycles. The lowest BCUT2D eigenvalue weighted by Gasteiger charge is -2.16. The van der Waals surface area contributed by atoms with Gasteiger partial charge in [0.15, 0.2) is 0 Å². The number of anilines is 1. The van der Waals surface area contributed by atoms with E-state index in [9.17, 15) is 10.1 Å². The van der Waals surface area contributed by atoms with Crippen LogP contribution >= 0.6 is 0 Å². The van der Waals surface area contributed by atoms with Gasteiger partial charge in [-0.25, -0.2) is 9.97 Å². The van der Waals surface area contributed by atoms with Crippen molar-refractivity contribution in [3.63, 3.8) is 0 Å². The number of hydrogen-bond donors (Lipinski definition) is 1. The van der Waals surface area contributed by atoms with Crippen molar-refractivity contribution in [3.05, 3.63) is 70.5 Å². The molecule has 1 N–H and O–H groups in total. The summed E-state index contributed by atoms with van der Waals surface area (Å²) in [6.07, 6.45) is 1.45. The number of nitrogens with one attached hydrogen (secondary N) is 1. The van der Waals surface area contributed by atoms with E-state index in [0.717, 1.165) is 5.56 Å². The molecule has 0 aliphatic rings. The maximum Gasteiger partial charge on any atom is 0.270 e.